The molecule has 3 heterocycles. The van der Waals surface area contributed by atoms with Gasteiger partial charge < -0.3 is 30.5 Å². The van der Waals surface area contributed by atoms with E-state index in [1.54, 1.807) is 0 Å². The summed E-state index contributed by atoms with van der Waals surface area (Å²) in [5.41, 5.74) is 9.10. The Morgan fingerprint density at radius 2 is 1.64 bits per heavy atom. The zero-order chi connectivity index (χ0) is 29.7. The summed E-state index contributed by atoms with van der Waals surface area (Å²) in [6.07, 6.45) is 1.39. The van der Waals surface area contributed by atoms with Gasteiger partial charge in [0.05, 0.1) is 11.3 Å². The van der Waals surface area contributed by atoms with Gasteiger partial charge in [0, 0.05) is 61.1 Å². The van der Waals surface area contributed by atoms with Crippen molar-refractivity contribution in [1.82, 2.24) is 24.9 Å². The molecule has 0 amide bonds. The molecule has 1 fully saturated rings. The normalized spacial score (nSPS) is 14.5. The highest BCUT2D eigenvalue weighted by Gasteiger charge is 2.20. The number of hydrogen-bond acceptors (Lipinski definition) is 11. The Balaban J connectivity index is 1.21. The Kier molecular flexibility index (Phi) is 8.69. The first-order valence-corrected chi connectivity index (χ1v) is 14.1. The summed E-state index contributed by atoms with van der Waals surface area (Å²) in [7, 11) is 2.15. The van der Waals surface area contributed by atoms with Gasteiger partial charge in [0.2, 0.25) is 0 Å². The van der Waals surface area contributed by atoms with E-state index in [0.29, 0.717) is 29.4 Å². The van der Waals surface area contributed by atoms with Gasteiger partial charge in [-0.2, -0.15) is 0 Å². The molecular formula is C31H39N9O2. The first-order valence-electron chi connectivity index (χ1n) is 14.1. The number of hydrogen-bond donors (Lipinski definition) is 4. The minimum absolute atomic E-state index is 0.119. The van der Waals surface area contributed by atoms with Crippen molar-refractivity contribution in [2.45, 2.75) is 26.2 Å². The zero-order valence-corrected chi connectivity index (χ0v) is 24.6. The fourth-order valence-corrected chi connectivity index (χ4v) is 4.58. The van der Waals surface area contributed by atoms with Crippen LogP contribution in [0.5, 0.6) is 5.75 Å². The van der Waals surface area contributed by atoms with Gasteiger partial charge in [0.1, 0.15) is 36.1 Å². The molecule has 0 unspecified atom stereocenters. The second-order valence-electron chi connectivity index (χ2n) is 11.5. The standard InChI is InChI=1S/C31H39N9O2/c1-31(2,3)25-19-26(38-42-25)36-22-7-9-23(10-8-22)37-30-27(29(33)34-20-35-30)28(32)21-5-11-24(12-6-21)41-18-17-40-15-13-39(4)14-16-40/h5-12,19-20,32H,13-18H2,1-4H3,(H,36,38)(H3,33,34,35,37). The first-order chi connectivity index (χ1) is 20.2. The average molecular weight is 570 g/mol. The molecule has 5 N–H and O–H groups in total. The van der Waals surface area contributed by atoms with Gasteiger partial charge in [-0.3, -0.25) is 10.3 Å². The number of nitrogens with zero attached hydrogens (tertiary/aromatic N) is 5. The SMILES string of the molecule is CN1CCN(CCOc2ccc(C(=N)c3c(N)ncnc3Nc3ccc(Nc4cc(C(C)(C)C)on4)cc3)cc2)CC1. The maximum atomic E-state index is 8.90. The number of rotatable bonds is 10. The number of aromatic nitrogens is 3. The van der Waals surface area contributed by atoms with E-state index in [1.165, 1.54) is 6.33 Å². The topological polar surface area (TPSA) is 141 Å². The van der Waals surface area contributed by atoms with Crippen molar-refractivity contribution >= 4 is 34.5 Å². The van der Waals surface area contributed by atoms with Crippen LogP contribution in [-0.4, -0.2) is 77.0 Å². The van der Waals surface area contributed by atoms with E-state index in [0.717, 1.165) is 55.6 Å². The molecule has 2 aromatic carbocycles. The van der Waals surface area contributed by atoms with Gasteiger partial charge in [-0.15, -0.1) is 0 Å². The number of piperazine rings is 1. The zero-order valence-electron chi connectivity index (χ0n) is 24.6. The van der Waals surface area contributed by atoms with Crippen LogP contribution in [0.15, 0.2) is 65.4 Å². The Labute approximate surface area is 246 Å². The smallest absolute Gasteiger partial charge is 0.174 e. The largest absolute Gasteiger partial charge is 0.492 e. The second-order valence-corrected chi connectivity index (χ2v) is 11.5. The molecule has 42 heavy (non-hydrogen) atoms. The molecule has 1 saturated heterocycles. The van der Waals surface area contributed by atoms with Crippen LogP contribution in [0, 0.1) is 5.41 Å². The number of nitrogens with two attached hydrogens (primary N) is 1. The molecule has 0 radical (unpaired) electrons. The average Bonchev–Trinajstić information content (AvgIpc) is 3.45. The summed E-state index contributed by atoms with van der Waals surface area (Å²) in [6.45, 7) is 12.1. The second kappa shape index (κ2) is 12.6. The molecule has 0 aliphatic carbocycles. The van der Waals surface area contributed by atoms with E-state index in [-0.39, 0.29) is 16.9 Å². The number of likely N-dealkylation sites (N-methyl/N-ethyl adjacent to an activating group) is 1. The third-order valence-electron chi connectivity index (χ3n) is 7.21. The van der Waals surface area contributed by atoms with Gasteiger partial charge in [0.15, 0.2) is 5.82 Å². The fourth-order valence-electron chi connectivity index (χ4n) is 4.58. The van der Waals surface area contributed by atoms with Crippen molar-refractivity contribution in [3.05, 3.63) is 77.8 Å². The Hall–Kier alpha value is -4.48. The Bertz CT molecular complexity index is 1490. The van der Waals surface area contributed by atoms with E-state index in [1.807, 2.05) is 54.6 Å². The van der Waals surface area contributed by atoms with Crippen LogP contribution >= 0.6 is 0 Å². The maximum absolute atomic E-state index is 8.90. The van der Waals surface area contributed by atoms with Gasteiger partial charge in [-0.25, -0.2) is 9.97 Å². The van der Waals surface area contributed by atoms with Crippen LogP contribution in [0.3, 0.4) is 0 Å². The highest BCUT2D eigenvalue weighted by Crippen LogP contribution is 2.28. The van der Waals surface area contributed by atoms with Gasteiger partial charge in [0.25, 0.3) is 0 Å². The predicted octanol–water partition coefficient (Wildman–Crippen LogP) is 4.87. The first kappa shape index (κ1) is 29.0. The molecular weight excluding hydrogens is 530 g/mol. The molecule has 220 valence electrons. The van der Waals surface area contributed by atoms with Crippen LogP contribution in [0.2, 0.25) is 0 Å². The summed E-state index contributed by atoms with van der Waals surface area (Å²) < 4.78 is 11.4. The van der Waals surface area contributed by atoms with Gasteiger partial charge in [-0.1, -0.05) is 25.9 Å². The summed E-state index contributed by atoms with van der Waals surface area (Å²) in [5, 5.41) is 19.6. The third-order valence-corrected chi connectivity index (χ3v) is 7.21. The van der Waals surface area contributed by atoms with Crippen molar-refractivity contribution in [2.75, 3.05) is 62.7 Å². The lowest BCUT2D eigenvalue weighted by atomic mass is 9.93. The number of nitrogens with one attached hydrogen (secondary N) is 3. The van der Waals surface area contributed by atoms with Crippen LogP contribution < -0.4 is 21.1 Å². The highest BCUT2D eigenvalue weighted by molar-refractivity contribution is 6.16. The lowest BCUT2D eigenvalue weighted by Crippen LogP contribution is -2.45. The minimum Gasteiger partial charge on any atom is -0.492 e. The summed E-state index contributed by atoms with van der Waals surface area (Å²) in [4.78, 5) is 13.3. The lowest BCUT2D eigenvalue weighted by molar-refractivity contribution is 0.134. The van der Waals surface area contributed by atoms with Crippen molar-refractivity contribution in [2.24, 2.45) is 0 Å². The van der Waals surface area contributed by atoms with Crippen LogP contribution in [-0.2, 0) is 5.41 Å². The molecule has 0 saturated carbocycles. The highest BCUT2D eigenvalue weighted by atomic mass is 16.5. The molecule has 2 aromatic heterocycles. The molecule has 11 nitrogen and oxygen atoms in total. The summed E-state index contributed by atoms with van der Waals surface area (Å²) in [5.74, 6) is 2.90. The third kappa shape index (κ3) is 7.23. The lowest BCUT2D eigenvalue weighted by Gasteiger charge is -2.32. The molecule has 1 aliphatic rings. The van der Waals surface area contributed by atoms with Crippen molar-refractivity contribution < 1.29 is 9.26 Å². The van der Waals surface area contributed by atoms with E-state index >= 15 is 0 Å². The van der Waals surface area contributed by atoms with E-state index in [4.69, 9.17) is 20.4 Å². The molecule has 1 aliphatic heterocycles. The number of ether oxygens (including phenoxy) is 1. The molecule has 11 heteroatoms. The van der Waals surface area contributed by atoms with Gasteiger partial charge >= 0.3 is 0 Å². The van der Waals surface area contributed by atoms with Crippen molar-refractivity contribution in [1.29, 1.82) is 5.41 Å². The van der Waals surface area contributed by atoms with E-state index in [9.17, 15) is 0 Å². The number of nitrogen functional groups attached to an aromatic ring is 1. The number of anilines is 5. The van der Waals surface area contributed by atoms with Crippen LogP contribution in [0.1, 0.15) is 37.7 Å². The number of benzene rings is 2. The van der Waals surface area contributed by atoms with Crippen molar-refractivity contribution in [3.8, 4) is 5.75 Å². The maximum Gasteiger partial charge on any atom is 0.174 e. The molecule has 4 aromatic rings. The molecule has 0 bridgehead atoms. The van der Waals surface area contributed by atoms with E-state index < -0.39 is 0 Å². The van der Waals surface area contributed by atoms with Crippen LogP contribution in [0.4, 0.5) is 28.8 Å². The van der Waals surface area contributed by atoms with Crippen LogP contribution in [0.25, 0.3) is 0 Å². The molecule has 0 atom stereocenters. The molecule has 0 spiro atoms. The monoisotopic (exact) mass is 569 g/mol. The Morgan fingerprint density at radius 3 is 2.29 bits per heavy atom. The summed E-state index contributed by atoms with van der Waals surface area (Å²) in [6, 6.07) is 17.1. The fraction of sp³-hybridized carbons (Fsp3) is 0.355. The van der Waals surface area contributed by atoms with Gasteiger partial charge in [-0.05, 0) is 55.6 Å². The quantitative estimate of drug-likeness (QED) is 0.195. The van der Waals surface area contributed by atoms with Crippen molar-refractivity contribution in [3.63, 3.8) is 0 Å². The predicted molar refractivity (Wildman–Crippen MR) is 166 cm³/mol. The Morgan fingerprint density at radius 1 is 0.976 bits per heavy atom. The minimum atomic E-state index is -0.119. The van der Waals surface area contributed by atoms with E-state index in [2.05, 4.69) is 63.4 Å². The summed E-state index contributed by atoms with van der Waals surface area (Å²) >= 11 is 0. The molecule has 5 rings (SSSR count).